The standard InChI is InChI=1S/C26H34N6O6S/c1-31-24-20(14-28-31)23(12-21(29-24)19-11-22(30-39(3,34)35)25(36-2)27-13-19)38-16-17-5-4-8-32(15-17)26(33)18-6-9-37-10-7-18/h11-14,17-18,30H,4-10,15-16H2,1-3H3/t17-/m0/s1. The molecule has 5 rings (SSSR count). The number of sulfonamides is 1. The zero-order valence-corrected chi connectivity index (χ0v) is 23.2. The molecule has 3 aromatic heterocycles. The summed E-state index contributed by atoms with van der Waals surface area (Å²) in [4.78, 5) is 24.1. The quantitative estimate of drug-likeness (QED) is 0.442. The summed E-state index contributed by atoms with van der Waals surface area (Å²) in [5, 5.41) is 5.12. The zero-order valence-electron chi connectivity index (χ0n) is 22.4. The van der Waals surface area contributed by atoms with E-state index in [1.807, 2.05) is 11.0 Å². The molecule has 5 heterocycles. The third-order valence-electron chi connectivity index (χ3n) is 7.18. The molecule has 3 aromatic rings. The second-order valence-corrected chi connectivity index (χ2v) is 11.9. The van der Waals surface area contributed by atoms with E-state index in [1.54, 1.807) is 30.2 Å². The van der Waals surface area contributed by atoms with E-state index in [2.05, 4.69) is 14.8 Å². The van der Waals surface area contributed by atoms with E-state index in [4.69, 9.17) is 19.2 Å². The minimum absolute atomic E-state index is 0.0522. The van der Waals surface area contributed by atoms with Crippen molar-refractivity contribution in [3.8, 4) is 22.9 Å². The molecule has 2 aliphatic rings. The number of ether oxygens (including phenoxy) is 3. The van der Waals surface area contributed by atoms with Crippen LogP contribution in [-0.2, 0) is 26.6 Å². The number of anilines is 1. The van der Waals surface area contributed by atoms with Gasteiger partial charge in [0.1, 0.15) is 11.4 Å². The molecule has 12 nitrogen and oxygen atoms in total. The number of carbonyl (C=O) groups is 1. The minimum atomic E-state index is -3.55. The van der Waals surface area contributed by atoms with Gasteiger partial charge in [0.05, 0.1) is 37.2 Å². The normalized spacial score (nSPS) is 18.7. The fraction of sp³-hybridized carbons (Fsp3) is 0.538. The first kappa shape index (κ1) is 27.1. The molecule has 0 aromatic carbocycles. The highest BCUT2D eigenvalue weighted by molar-refractivity contribution is 7.92. The number of hydrogen-bond acceptors (Lipinski definition) is 9. The first-order valence-corrected chi connectivity index (χ1v) is 14.9. The number of carbonyl (C=O) groups excluding carboxylic acids is 1. The highest BCUT2D eigenvalue weighted by Crippen LogP contribution is 2.33. The van der Waals surface area contributed by atoms with Gasteiger partial charge in [-0.05, 0) is 31.7 Å². The number of hydrogen-bond donors (Lipinski definition) is 1. The summed E-state index contributed by atoms with van der Waals surface area (Å²) < 4.78 is 44.8. The lowest BCUT2D eigenvalue weighted by Crippen LogP contribution is -2.45. The Morgan fingerprint density at radius 2 is 2.00 bits per heavy atom. The van der Waals surface area contributed by atoms with Crippen molar-refractivity contribution in [1.82, 2.24) is 24.6 Å². The number of nitrogens with zero attached hydrogens (tertiary/aromatic N) is 5. The van der Waals surface area contributed by atoms with Gasteiger partial charge in [0.25, 0.3) is 0 Å². The van der Waals surface area contributed by atoms with Crippen LogP contribution in [0.1, 0.15) is 25.7 Å². The molecule has 0 radical (unpaired) electrons. The van der Waals surface area contributed by atoms with Crippen LogP contribution in [0.4, 0.5) is 5.69 Å². The average Bonchev–Trinajstić information content (AvgIpc) is 3.31. The molecule has 0 unspecified atom stereocenters. The number of likely N-dealkylation sites (tertiary alicyclic amines) is 1. The molecule has 2 aliphatic heterocycles. The Morgan fingerprint density at radius 3 is 2.74 bits per heavy atom. The summed E-state index contributed by atoms with van der Waals surface area (Å²) in [5.74, 6) is 1.26. The van der Waals surface area contributed by atoms with E-state index < -0.39 is 10.0 Å². The highest BCUT2D eigenvalue weighted by atomic mass is 32.2. The largest absolute Gasteiger partial charge is 0.492 e. The Morgan fingerprint density at radius 1 is 1.21 bits per heavy atom. The summed E-state index contributed by atoms with van der Waals surface area (Å²) in [6.07, 6.45) is 7.85. The molecule has 0 spiro atoms. The van der Waals surface area contributed by atoms with Crippen LogP contribution in [-0.4, -0.2) is 85.2 Å². The van der Waals surface area contributed by atoms with Gasteiger partial charge in [-0.15, -0.1) is 0 Å². The predicted octanol–water partition coefficient (Wildman–Crippen LogP) is 2.45. The van der Waals surface area contributed by atoms with Gasteiger partial charge in [0.2, 0.25) is 21.8 Å². The van der Waals surface area contributed by atoms with Crippen molar-refractivity contribution in [2.75, 3.05) is 51.0 Å². The van der Waals surface area contributed by atoms with E-state index in [0.29, 0.717) is 49.0 Å². The third kappa shape index (κ3) is 6.25. The fourth-order valence-electron chi connectivity index (χ4n) is 5.19. The number of piperidine rings is 1. The van der Waals surface area contributed by atoms with Gasteiger partial charge in [0.15, 0.2) is 5.65 Å². The third-order valence-corrected chi connectivity index (χ3v) is 7.77. The molecule has 2 fully saturated rings. The van der Waals surface area contributed by atoms with Crippen LogP contribution >= 0.6 is 0 Å². The lowest BCUT2D eigenvalue weighted by atomic mass is 9.94. The zero-order chi connectivity index (χ0) is 27.6. The Balaban J connectivity index is 1.37. The number of rotatable bonds is 8. The van der Waals surface area contributed by atoms with Crippen molar-refractivity contribution < 1.29 is 27.4 Å². The van der Waals surface area contributed by atoms with Crippen LogP contribution in [0.2, 0.25) is 0 Å². The van der Waals surface area contributed by atoms with Crippen molar-refractivity contribution in [3.63, 3.8) is 0 Å². The number of amides is 1. The average molecular weight is 559 g/mol. The molecular weight excluding hydrogens is 524 g/mol. The maximum absolute atomic E-state index is 13.1. The monoisotopic (exact) mass is 558 g/mol. The van der Waals surface area contributed by atoms with Crippen LogP contribution in [0.5, 0.6) is 11.6 Å². The van der Waals surface area contributed by atoms with E-state index in [1.165, 1.54) is 7.11 Å². The second-order valence-electron chi connectivity index (χ2n) is 10.2. The van der Waals surface area contributed by atoms with E-state index >= 15 is 0 Å². The van der Waals surface area contributed by atoms with Gasteiger partial charge >= 0.3 is 0 Å². The SMILES string of the molecule is COc1ncc(-c2cc(OC[C@H]3CCCN(C(=O)C4CCOCC4)C3)c3cnn(C)c3n2)cc1NS(C)(=O)=O. The molecule has 0 aliphatic carbocycles. The molecule has 2 saturated heterocycles. The van der Waals surface area contributed by atoms with Crippen LogP contribution in [0.25, 0.3) is 22.3 Å². The summed E-state index contributed by atoms with van der Waals surface area (Å²) in [6.45, 7) is 3.21. The molecule has 0 saturated carbocycles. The maximum Gasteiger partial charge on any atom is 0.238 e. The summed E-state index contributed by atoms with van der Waals surface area (Å²) >= 11 is 0. The van der Waals surface area contributed by atoms with Crippen LogP contribution < -0.4 is 14.2 Å². The smallest absolute Gasteiger partial charge is 0.238 e. The number of aryl methyl sites for hydroxylation is 1. The lowest BCUT2D eigenvalue weighted by molar-refractivity contribution is -0.140. The topological polar surface area (TPSA) is 138 Å². The molecule has 0 bridgehead atoms. The number of aromatic nitrogens is 4. The Hall–Kier alpha value is -3.45. The van der Waals surface area contributed by atoms with Crippen molar-refractivity contribution in [3.05, 3.63) is 24.5 Å². The Bertz CT molecular complexity index is 1450. The van der Waals surface area contributed by atoms with Gasteiger partial charge in [-0.3, -0.25) is 14.2 Å². The summed E-state index contributed by atoms with van der Waals surface area (Å²) in [5.41, 5.74) is 1.97. The fourth-order valence-corrected chi connectivity index (χ4v) is 5.74. The minimum Gasteiger partial charge on any atom is -0.492 e. The number of nitrogens with one attached hydrogen (secondary N) is 1. The number of pyridine rings is 2. The first-order valence-electron chi connectivity index (χ1n) is 13.1. The first-order chi connectivity index (χ1) is 18.7. The maximum atomic E-state index is 13.1. The van der Waals surface area contributed by atoms with Gasteiger partial charge in [-0.1, -0.05) is 0 Å². The van der Waals surface area contributed by atoms with E-state index in [-0.39, 0.29) is 29.3 Å². The number of fused-ring (bicyclic) bond motifs is 1. The molecule has 210 valence electrons. The molecule has 1 atom stereocenters. The molecule has 39 heavy (non-hydrogen) atoms. The molecule has 1 amide bonds. The summed E-state index contributed by atoms with van der Waals surface area (Å²) in [7, 11) is -0.332. The van der Waals surface area contributed by atoms with Gasteiger partial charge < -0.3 is 19.1 Å². The van der Waals surface area contributed by atoms with Crippen molar-refractivity contribution in [1.29, 1.82) is 0 Å². The highest BCUT2D eigenvalue weighted by Gasteiger charge is 2.30. The Kier molecular flexibility index (Phi) is 7.89. The van der Waals surface area contributed by atoms with E-state index in [0.717, 1.165) is 43.9 Å². The predicted molar refractivity (Wildman–Crippen MR) is 145 cm³/mol. The molecule has 13 heteroatoms. The molecular formula is C26H34N6O6S. The van der Waals surface area contributed by atoms with Gasteiger partial charge in [-0.2, -0.15) is 5.10 Å². The van der Waals surface area contributed by atoms with Crippen molar-refractivity contribution in [2.24, 2.45) is 18.9 Å². The van der Waals surface area contributed by atoms with Crippen LogP contribution in [0.3, 0.4) is 0 Å². The summed E-state index contributed by atoms with van der Waals surface area (Å²) in [6, 6.07) is 3.44. The lowest BCUT2D eigenvalue weighted by Gasteiger charge is -2.35. The van der Waals surface area contributed by atoms with Gasteiger partial charge in [-0.25, -0.2) is 18.4 Å². The van der Waals surface area contributed by atoms with E-state index in [9.17, 15) is 13.2 Å². The van der Waals surface area contributed by atoms with Crippen LogP contribution in [0, 0.1) is 11.8 Å². The Labute approximate surface area is 227 Å². The van der Waals surface area contributed by atoms with Crippen molar-refractivity contribution >= 4 is 32.7 Å². The van der Waals surface area contributed by atoms with Crippen molar-refractivity contribution in [2.45, 2.75) is 25.7 Å². The van der Waals surface area contributed by atoms with Gasteiger partial charge in [0, 0.05) is 63.0 Å². The molecule has 1 N–H and O–H groups in total. The van der Waals surface area contributed by atoms with Crippen LogP contribution in [0.15, 0.2) is 24.5 Å². The number of methoxy groups -OCH3 is 1. The second kappa shape index (κ2) is 11.3.